The maximum Gasteiger partial charge on any atom is 0.244 e. The summed E-state index contributed by atoms with van der Waals surface area (Å²) in [6, 6.07) is 5.47. The van der Waals surface area contributed by atoms with Gasteiger partial charge in [0, 0.05) is 12.4 Å². The number of carbonyl (C=O) groups excluding carboxylic acids is 1. The Labute approximate surface area is 110 Å². The van der Waals surface area contributed by atoms with E-state index in [2.05, 4.69) is 10.3 Å². The zero-order valence-electron chi connectivity index (χ0n) is 9.85. The first-order chi connectivity index (χ1) is 8.56. The van der Waals surface area contributed by atoms with Crippen molar-refractivity contribution in [1.29, 1.82) is 0 Å². The molecule has 0 atom stereocenters. The zero-order chi connectivity index (χ0) is 13.1. The minimum absolute atomic E-state index is 0.103. The molecule has 5 nitrogen and oxygen atoms in total. The molecule has 1 aromatic carbocycles. The number of carbonyl (C=O) groups is 1. The number of nitrogens with zero attached hydrogens (tertiary/aromatic N) is 2. The van der Waals surface area contributed by atoms with Crippen LogP contribution >= 0.6 is 11.6 Å². The van der Waals surface area contributed by atoms with Crippen LogP contribution in [0, 0.1) is 6.92 Å². The van der Waals surface area contributed by atoms with Gasteiger partial charge in [0.1, 0.15) is 6.54 Å². The Hall–Kier alpha value is -2.01. The number of nitrogens with one attached hydrogen (secondary N) is 1. The predicted molar refractivity (Wildman–Crippen MR) is 71.5 cm³/mol. The Morgan fingerprint density at radius 3 is 3.00 bits per heavy atom. The first-order valence-corrected chi connectivity index (χ1v) is 5.76. The van der Waals surface area contributed by atoms with Gasteiger partial charge < -0.3 is 15.6 Å². The fourth-order valence-corrected chi connectivity index (χ4v) is 1.72. The lowest BCUT2D eigenvalue weighted by atomic mass is 10.2. The van der Waals surface area contributed by atoms with Gasteiger partial charge in [0.15, 0.2) is 0 Å². The Morgan fingerprint density at radius 1 is 1.56 bits per heavy atom. The molecule has 1 aromatic heterocycles. The maximum atomic E-state index is 11.8. The van der Waals surface area contributed by atoms with E-state index in [1.54, 1.807) is 16.8 Å². The molecule has 3 N–H and O–H groups in total. The van der Waals surface area contributed by atoms with E-state index in [4.69, 9.17) is 17.3 Å². The number of rotatable bonds is 3. The van der Waals surface area contributed by atoms with Crippen LogP contribution in [0.25, 0.3) is 0 Å². The molecule has 0 saturated heterocycles. The highest BCUT2D eigenvalue weighted by Gasteiger charge is 2.08. The molecule has 6 heteroatoms. The Balaban J connectivity index is 2.08. The number of nitrogens with two attached hydrogens (primary N) is 1. The highest BCUT2D eigenvalue weighted by Crippen LogP contribution is 2.19. The number of amides is 1. The van der Waals surface area contributed by atoms with Crippen LogP contribution in [0.3, 0.4) is 0 Å². The molecule has 1 amide bonds. The van der Waals surface area contributed by atoms with Gasteiger partial charge in [-0.05, 0) is 36.2 Å². The van der Waals surface area contributed by atoms with Crippen molar-refractivity contribution in [2.45, 2.75) is 13.5 Å². The fraction of sp³-hybridized carbons (Fsp3) is 0.167. The Bertz CT molecular complexity index is 579. The van der Waals surface area contributed by atoms with Crippen molar-refractivity contribution >= 4 is 28.9 Å². The standard InChI is InChI=1S/C12H13ClN4O/c1-8-2-3-9(14)10(6-8)16-11(18)7-17-5-4-15-12(17)13/h2-6H,7,14H2,1H3,(H,16,18). The molecule has 0 aliphatic carbocycles. The average Bonchev–Trinajstić information content (AvgIpc) is 2.70. The van der Waals surface area contributed by atoms with Gasteiger partial charge in [0.25, 0.3) is 0 Å². The third kappa shape index (κ3) is 2.81. The second-order valence-electron chi connectivity index (χ2n) is 3.96. The van der Waals surface area contributed by atoms with Crippen molar-refractivity contribution in [1.82, 2.24) is 9.55 Å². The maximum absolute atomic E-state index is 11.8. The van der Waals surface area contributed by atoms with E-state index < -0.39 is 0 Å². The molecule has 0 bridgehead atoms. The molecule has 18 heavy (non-hydrogen) atoms. The van der Waals surface area contributed by atoms with Crippen molar-refractivity contribution in [3.05, 3.63) is 41.4 Å². The summed E-state index contributed by atoms with van der Waals surface area (Å²) in [6.07, 6.45) is 3.18. The van der Waals surface area contributed by atoms with Gasteiger partial charge in [-0.1, -0.05) is 6.07 Å². The van der Waals surface area contributed by atoms with Crippen LogP contribution in [0.4, 0.5) is 11.4 Å². The van der Waals surface area contributed by atoms with Crippen LogP contribution in [0.15, 0.2) is 30.6 Å². The first kappa shape index (κ1) is 12.4. The number of nitrogen functional groups attached to an aromatic ring is 1. The van der Waals surface area contributed by atoms with E-state index in [1.807, 2.05) is 19.1 Å². The second-order valence-corrected chi connectivity index (χ2v) is 4.30. The van der Waals surface area contributed by atoms with Gasteiger partial charge in [0.2, 0.25) is 11.2 Å². The summed E-state index contributed by atoms with van der Waals surface area (Å²) >= 11 is 5.79. The SMILES string of the molecule is Cc1ccc(N)c(NC(=O)Cn2ccnc2Cl)c1. The van der Waals surface area contributed by atoms with E-state index in [-0.39, 0.29) is 17.7 Å². The minimum atomic E-state index is -0.202. The molecule has 94 valence electrons. The number of aryl methyl sites for hydroxylation is 1. The van der Waals surface area contributed by atoms with Gasteiger partial charge in [-0.2, -0.15) is 0 Å². The molecule has 0 aliphatic rings. The van der Waals surface area contributed by atoms with E-state index in [1.165, 1.54) is 6.20 Å². The molecule has 0 saturated carbocycles. The molecular weight excluding hydrogens is 252 g/mol. The number of halogens is 1. The second kappa shape index (κ2) is 5.10. The average molecular weight is 265 g/mol. The molecule has 0 aliphatic heterocycles. The summed E-state index contributed by atoms with van der Waals surface area (Å²) in [4.78, 5) is 15.7. The van der Waals surface area contributed by atoms with Gasteiger partial charge in [0.05, 0.1) is 11.4 Å². The highest BCUT2D eigenvalue weighted by molar-refractivity contribution is 6.28. The number of benzene rings is 1. The van der Waals surface area contributed by atoms with Crippen LogP contribution in [-0.4, -0.2) is 15.5 Å². The van der Waals surface area contributed by atoms with Crippen LogP contribution in [0.1, 0.15) is 5.56 Å². The molecule has 0 spiro atoms. The molecule has 2 aromatic rings. The number of hydrogen-bond acceptors (Lipinski definition) is 3. The van der Waals surface area contributed by atoms with Crippen molar-refractivity contribution in [3.8, 4) is 0 Å². The monoisotopic (exact) mass is 264 g/mol. The molecule has 1 heterocycles. The summed E-state index contributed by atoms with van der Waals surface area (Å²) < 4.78 is 1.54. The fourth-order valence-electron chi connectivity index (χ4n) is 1.55. The first-order valence-electron chi connectivity index (χ1n) is 5.39. The summed E-state index contributed by atoms with van der Waals surface area (Å²) in [7, 11) is 0. The zero-order valence-corrected chi connectivity index (χ0v) is 10.6. The highest BCUT2D eigenvalue weighted by atomic mass is 35.5. The van der Waals surface area contributed by atoms with Crippen molar-refractivity contribution in [3.63, 3.8) is 0 Å². The Kier molecular flexibility index (Phi) is 3.53. The van der Waals surface area contributed by atoms with Crippen LogP contribution in [0.2, 0.25) is 5.28 Å². The minimum Gasteiger partial charge on any atom is -0.397 e. The van der Waals surface area contributed by atoms with Crippen molar-refractivity contribution in [2.24, 2.45) is 0 Å². The summed E-state index contributed by atoms with van der Waals surface area (Å²) in [5.74, 6) is -0.202. The van der Waals surface area contributed by atoms with Gasteiger partial charge in [-0.3, -0.25) is 4.79 Å². The predicted octanol–water partition coefficient (Wildman–Crippen LogP) is 2.07. The van der Waals surface area contributed by atoms with E-state index in [0.717, 1.165) is 5.56 Å². The van der Waals surface area contributed by atoms with E-state index in [9.17, 15) is 4.79 Å². The quantitative estimate of drug-likeness (QED) is 0.834. The topological polar surface area (TPSA) is 72.9 Å². The van der Waals surface area contributed by atoms with Crippen molar-refractivity contribution in [2.75, 3.05) is 11.1 Å². The Morgan fingerprint density at radius 2 is 2.33 bits per heavy atom. The van der Waals surface area contributed by atoms with E-state index in [0.29, 0.717) is 11.4 Å². The van der Waals surface area contributed by atoms with Gasteiger partial charge >= 0.3 is 0 Å². The number of aromatic nitrogens is 2. The van der Waals surface area contributed by atoms with Gasteiger partial charge in [-0.15, -0.1) is 0 Å². The summed E-state index contributed by atoms with van der Waals surface area (Å²) in [5.41, 5.74) is 7.95. The third-order valence-corrected chi connectivity index (χ3v) is 2.78. The summed E-state index contributed by atoms with van der Waals surface area (Å²) in [5, 5.41) is 3.03. The van der Waals surface area contributed by atoms with Gasteiger partial charge in [-0.25, -0.2) is 4.98 Å². The lowest BCUT2D eigenvalue weighted by Gasteiger charge is -2.09. The van der Waals surface area contributed by atoms with Crippen LogP contribution in [-0.2, 0) is 11.3 Å². The largest absolute Gasteiger partial charge is 0.397 e. The molecule has 0 unspecified atom stereocenters. The number of anilines is 2. The smallest absolute Gasteiger partial charge is 0.244 e. The van der Waals surface area contributed by atoms with E-state index >= 15 is 0 Å². The molecule has 2 rings (SSSR count). The van der Waals surface area contributed by atoms with Crippen molar-refractivity contribution < 1.29 is 4.79 Å². The molecule has 0 radical (unpaired) electrons. The molecular formula is C12H13ClN4O. The lowest BCUT2D eigenvalue weighted by molar-refractivity contribution is -0.116. The molecule has 0 fully saturated rings. The number of hydrogen-bond donors (Lipinski definition) is 2. The lowest BCUT2D eigenvalue weighted by Crippen LogP contribution is -2.19. The summed E-state index contributed by atoms with van der Waals surface area (Å²) in [6.45, 7) is 2.04. The number of imidazole rings is 1. The third-order valence-electron chi connectivity index (χ3n) is 2.46. The normalized spacial score (nSPS) is 10.3. The van der Waals surface area contributed by atoms with Crippen LogP contribution < -0.4 is 11.1 Å². The van der Waals surface area contributed by atoms with Crippen LogP contribution in [0.5, 0.6) is 0 Å².